The maximum Gasteiger partial charge on any atom is 0.314 e. The van der Waals surface area contributed by atoms with Crippen LogP contribution in [0.15, 0.2) is 0 Å². The minimum atomic E-state index is -0.270. The molecular formula is C13H25N3O. The molecule has 17 heavy (non-hydrogen) atoms. The lowest BCUT2D eigenvalue weighted by Gasteiger charge is -2.39. The highest BCUT2D eigenvalue weighted by molar-refractivity contribution is 5.72. The number of nitrogens with one attached hydrogen (secondary N) is 1. The zero-order valence-electron chi connectivity index (χ0n) is 11.0. The second-order valence-electron chi connectivity index (χ2n) is 6.03. The van der Waals surface area contributed by atoms with Crippen LogP contribution in [0, 0.1) is 17.8 Å². The lowest BCUT2D eigenvalue weighted by atomic mass is 9.85. The average Bonchev–Trinajstić information content (AvgIpc) is 3.09. The Hall–Kier alpha value is -0.770. The van der Waals surface area contributed by atoms with Gasteiger partial charge in [-0.05, 0) is 43.6 Å². The molecule has 0 spiro atoms. The van der Waals surface area contributed by atoms with Gasteiger partial charge in [-0.25, -0.2) is 4.79 Å². The van der Waals surface area contributed by atoms with Crippen LogP contribution in [0.1, 0.15) is 33.1 Å². The highest BCUT2D eigenvalue weighted by atomic mass is 16.2. The fourth-order valence-corrected chi connectivity index (χ4v) is 2.60. The predicted octanol–water partition coefficient (Wildman–Crippen LogP) is 1.41. The molecule has 3 N–H and O–H groups in total. The van der Waals surface area contributed by atoms with Crippen LogP contribution in [0.4, 0.5) is 4.79 Å². The highest BCUT2D eigenvalue weighted by Crippen LogP contribution is 2.29. The largest absolute Gasteiger partial charge is 0.351 e. The van der Waals surface area contributed by atoms with E-state index in [-0.39, 0.29) is 6.03 Å². The molecule has 2 fully saturated rings. The monoisotopic (exact) mass is 239 g/mol. The summed E-state index contributed by atoms with van der Waals surface area (Å²) in [5, 5.41) is 3.60. The predicted molar refractivity (Wildman–Crippen MR) is 68.6 cm³/mol. The molecule has 2 unspecified atom stereocenters. The molecule has 0 aromatic rings. The number of hydrogen-bond acceptors (Lipinski definition) is 2. The molecule has 0 radical (unpaired) electrons. The molecule has 1 aliphatic heterocycles. The summed E-state index contributed by atoms with van der Waals surface area (Å²) >= 11 is 0. The highest BCUT2D eigenvalue weighted by Gasteiger charge is 2.31. The topological polar surface area (TPSA) is 58.4 Å². The number of nitrogens with zero attached hydrogens (tertiary/aromatic N) is 1. The van der Waals surface area contributed by atoms with E-state index in [4.69, 9.17) is 5.73 Å². The van der Waals surface area contributed by atoms with E-state index in [1.165, 1.54) is 19.3 Å². The molecule has 2 aliphatic rings. The van der Waals surface area contributed by atoms with Gasteiger partial charge in [-0.15, -0.1) is 0 Å². The average molecular weight is 239 g/mol. The quantitative estimate of drug-likeness (QED) is 0.779. The molecule has 2 amide bonds. The van der Waals surface area contributed by atoms with Crippen molar-refractivity contribution in [1.29, 1.82) is 0 Å². The Balaban J connectivity index is 1.87. The van der Waals surface area contributed by atoms with Gasteiger partial charge in [-0.2, -0.15) is 0 Å². The lowest BCUT2D eigenvalue weighted by Crippen LogP contribution is -2.53. The zero-order chi connectivity index (χ0) is 12.4. The van der Waals surface area contributed by atoms with Crippen molar-refractivity contribution in [3.63, 3.8) is 0 Å². The summed E-state index contributed by atoms with van der Waals surface area (Å²) in [5.41, 5.74) is 5.42. The normalized spacial score (nSPS) is 29.7. The first-order valence-corrected chi connectivity index (χ1v) is 6.84. The van der Waals surface area contributed by atoms with E-state index < -0.39 is 0 Å². The Kier molecular flexibility index (Phi) is 3.92. The second kappa shape index (κ2) is 5.25. The number of carbonyl (C=O) groups excluding carboxylic acids is 1. The summed E-state index contributed by atoms with van der Waals surface area (Å²) in [7, 11) is 0. The number of piperidine rings is 1. The SMILES string of the molecule is CC(C)C1CC(NCC2CC2)CN(C(N)=O)C1. The van der Waals surface area contributed by atoms with E-state index in [1.807, 2.05) is 0 Å². The summed E-state index contributed by atoms with van der Waals surface area (Å²) in [6, 6.07) is 0.165. The van der Waals surface area contributed by atoms with Crippen molar-refractivity contribution >= 4 is 6.03 Å². The number of amides is 2. The van der Waals surface area contributed by atoms with Crippen LogP contribution in [0.2, 0.25) is 0 Å². The van der Waals surface area contributed by atoms with Gasteiger partial charge < -0.3 is 16.0 Å². The third kappa shape index (κ3) is 3.60. The Bertz CT molecular complexity index is 276. The number of urea groups is 1. The number of carbonyl (C=O) groups is 1. The van der Waals surface area contributed by atoms with Crippen LogP contribution in [0.5, 0.6) is 0 Å². The molecule has 4 heteroatoms. The zero-order valence-corrected chi connectivity index (χ0v) is 11.0. The molecular weight excluding hydrogens is 214 g/mol. The van der Waals surface area contributed by atoms with E-state index in [0.29, 0.717) is 17.9 Å². The maximum absolute atomic E-state index is 11.3. The van der Waals surface area contributed by atoms with Crippen molar-refractivity contribution in [3.8, 4) is 0 Å². The molecule has 98 valence electrons. The molecule has 4 nitrogen and oxygen atoms in total. The van der Waals surface area contributed by atoms with Crippen LogP contribution in [0.25, 0.3) is 0 Å². The van der Waals surface area contributed by atoms with Crippen LogP contribution in [0.3, 0.4) is 0 Å². The van der Waals surface area contributed by atoms with Crippen molar-refractivity contribution in [2.75, 3.05) is 19.6 Å². The molecule has 1 saturated heterocycles. The van der Waals surface area contributed by atoms with E-state index in [0.717, 1.165) is 25.6 Å². The Morgan fingerprint density at radius 1 is 1.41 bits per heavy atom. The number of likely N-dealkylation sites (tertiary alicyclic amines) is 1. The number of primary amides is 1. The Morgan fingerprint density at radius 3 is 2.65 bits per heavy atom. The third-order valence-corrected chi connectivity index (χ3v) is 4.13. The Morgan fingerprint density at radius 2 is 2.12 bits per heavy atom. The van der Waals surface area contributed by atoms with Crippen molar-refractivity contribution in [2.45, 2.75) is 39.2 Å². The van der Waals surface area contributed by atoms with Crippen molar-refractivity contribution < 1.29 is 4.79 Å². The van der Waals surface area contributed by atoms with Gasteiger partial charge in [-0.3, -0.25) is 0 Å². The van der Waals surface area contributed by atoms with Gasteiger partial charge in [0, 0.05) is 19.1 Å². The lowest BCUT2D eigenvalue weighted by molar-refractivity contribution is 0.133. The number of nitrogens with two attached hydrogens (primary N) is 1. The third-order valence-electron chi connectivity index (χ3n) is 4.13. The molecule has 0 aromatic carbocycles. The molecule has 1 saturated carbocycles. The van der Waals surface area contributed by atoms with Crippen molar-refractivity contribution in [2.24, 2.45) is 23.5 Å². The van der Waals surface area contributed by atoms with Crippen LogP contribution >= 0.6 is 0 Å². The first-order valence-electron chi connectivity index (χ1n) is 6.84. The molecule has 0 aromatic heterocycles. The first kappa shape index (κ1) is 12.7. The summed E-state index contributed by atoms with van der Waals surface area (Å²) in [4.78, 5) is 13.1. The fraction of sp³-hybridized carbons (Fsp3) is 0.923. The van der Waals surface area contributed by atoms with E-state index in [9.17, 15) is 4.79 Å². The Labute approximate surface area is 104 Å². The van der Waals surface area contributed by atoms with Crippen molar-refractivity contribution in [1.82, 2.24) is 10.2 Å². The summed E-state index contributed by atoms with van der Waals surface area (Å²) in [6.45, 7) is 7.18. The molecule has 2 atom stereocenters. The first-order chi connectivity index (χ1) is 8.06. The van der Waals surface area contributed by atoms with Crippen LogP contribution < -0.4 is 11.1 Å². The van der Waals surface area contributed by atoms with Gasteiger partial charge >= 0.3 is 6.03 Å². The fourth-order valence-electron chi connectivity index (χ4n) is 2.60. The minimum absolute atomic E-state index is 0.270. The van der Waals surface area contributed by atoms with E-state index in [2.05, 4.69) is 19.2 Å². The van der Waals surface area contributed by atoms with E-state index in [1.54, 1.807) is 4.90 Å². The maximum atomic E-state index is 11.3. The van der Waals surface area contributed by atoms with Gasteiger partial charge in [0.25, 0.3) is 0 Å². The molecule has 1 heterocycles. The molecule has 1 aliphatic carbocycles. The minimum Gasteiger partial charge on any atom is -0.351 e. The van der Waals surface area contributed by atoms with Gasteiger partial charge in [0.15, 0.2) is 0 Å². The van der Waals surface area contributed by atoms with Crippen LogP contribution in [-0.4, -0.2) is 36.6 Å². The standard InChI is InChI=1S/C13H25N3O/c1-9(2)11-5-12(15-6-10-3-4-10)8-16(7-11)13(14)17/h9-12,15H,3-8H2,1-2H3,(H2,14,17). The molecule has 2 rings (SSSR count). The second-order valence-corrected chi connectivity index (χ2v) is 6.03. The van der Waals surface area contributed by atoms with Gasteiger partial charge in [0.1, 0.15) is 0 Å². The van der Waals surface area contributed by atoms with Gasteiger partial charge in [0.05, 0.1) is 0 Å². The summed E-state index contributed by atoms with van der Waals surface area (Å²) in [6.07, 6.45) is 3.91. The number of hydrogen-bond donors (Lipinski definition) is 2. The summed E-state index contributed by atoms with van der Waals surface area (Å²) < 4.78 is 0. The van der Waals surface area contributed by atoms with Crippen molar-refractivity contribution in [3.05, 3.63) is 0 Å². The molecule has 0 bridgehead atoms. The van der Waals surface area contributed by atoms with Gasteiger partial charge in [-0.1, -0.05) is 13.8 Å². The van der Waals surface area contributed by atoms with Gasteiger partial charge in [0.2, 0.25) is 0 Å². The smallest absolute Gasteiger partial charge is 0.314 e. The number of rotatable bonds is 4. The summed E-state index contributed by atoms with van der Waals surface area (Å²) in [5.74, 6) is 2.08. The van der Waals surface area contributed by atoms with E-state index >= 15 is 0 Å². The van der Waals surface area contributed by atoms with Crippen LogP contribution in [-0.2, 0) is 0 Å².